The lowest BCUT2D eigenvalue weighted by Crippen LogP contribution is -2.35. The highest BCUT2D eigenvalue weighted by molar-refractivity contribution is 6.02. The first-order valence-electron chi connectivity index (χ1n) is 6.79. The van der Waals surface area contributed by atoms with Crippen LogP contribution in [0.15, 0.2) is 36.7 Å². The highest BCUT2D eigenvalue weighted by Gasteiger charge is 2.17. The van der Waals surface area contributed by atoms with Gasteiger partial charge in [0, 0.05) is 32.2 Å². The summed E-state index contributed by atoms with van der Waals surface area (Å²) in [6.45, 7) is 0.582. The van der Waals surface area contributed by atoms with E-state index in [1.54, 1.807) is 18.3 Å². The predicted molar refractivity (Wildman–Crippen MR) is 81.1 cm³/mol. The number of rotatable bonds is 3. The van der Waals surface area contributed by atoms with Crippen molar-refractivity contribution in [1.29, 1.82) is 0 Å². The molecule has 0 saturated heterocycles. The standard InChI is InChI=1S/C15H16FN5O/c1-19(2)21-7-6-14-18-13(9-20(14)10-21)15(22)17-12-5-3-4-11(16)8-12/h3-9H,10H2,1-2H3,(H,17,22). The largest absolute Gasteiger partial charge is 0.321 e. The Bertz CT molecular complexity index is 737. The molecule has 1 N–H and O–H groups in total. The van der Waals surface area contributed by atoms with Gasteiger partial charge in [-0.1, -0.05) is 6.07 Å². The van der Waals surface area contributed by atoms with E-state index < -0.39 is 5.82 Å². The van der Waals surface area contributed by atoms with Crippen LogP contribution in [0.2, 0.25) is 0 Å². The molecule has 0 unspecified atom stereocenters. The maximum atomic E-state index is 13.1. The Kier molecular flexibility index (Phi) is 3.64. The average molecular weight is 301 g/mol. The number of hydrogen-bond acceptors (Lipinski definition) is 4. The third-order valence-corrected chi connectivity index (χ3v) is 3.33. The van der Waals surface area contributed by atoms with Crippen LogP contribution in [0, 0.1) is 5.82 Å². The van der Waals surface area contributed by atoms with Crippen LogP contribution in [-0.2, 0) is 6.67 Å². The van der Waals surface area contributed by atoms with Crippen molar-refractivity contribution < 1.29 is 9.18 Å². The molecule has 0 atom stereocenters. The van der Waals surface area contributed by atoms with E-state index >= 15 is 0 Å². The summed E-state index contributed by atoms with van der Waals surface area (Å²) in [5.74, 6) is -0.0497. The molecule has 2 heterocycles. The third kappa shape index (κ3) is 2.84. The quantitative estimate of drug-likeness (QED) is 0.942. The minimum Gasteiger partial charge on any atom is -0.321 e. The summed E-state index contributed by atoms with van der Waals surface area (Å²) in [7, 11) is 3.87. The van der Waals surface area contributed by atoms with Gasteiger partial charge in [-0.05, 0) is 24.3 Å². The highest BCUT2D eigenvalue weighted by atomic mass is 19.1. The molecule has 0 fully saturated rings. The van der Waals surface area contributed by atoms with Crippen molar-refractivity contribution in [3.8, 4) is 0 Å². The SMILES string of the molecule is CN(C)N1C=Cc2nc(C(=O)Nc3cccc(F)c3)cn2C1. The van der Waals surface area contributed by atoms with E-state index in [0.717, 1.165) is 0 Å². The first-order chi connectivity index (χ1) is 10.5. The number of imidazole rings is 1. The van der Waals surface area contributed by atoms with Gasteiger partial charge in [0.25, 0.3) is 5.91 Å². The summed E-state index contributed by atoms with van der Waals surface area (Å²) in [5.41, 5.74) is 0.700. The molecule has 114 valence electrons. The fraction of sp³-hybridized carbons (Fsp3) is 0.200. The lowest BCUT2D eigenvalue weighted by atomic mass is 10.3. The van der Waals surface area contributed by atoms with E-state index in [9.17, 15) is 9.18 Å². The van der Waals surface area contributed by atoms with Crippen molar-refractivity contribution in [1.82, 2.24) is 19.6 Å². The van der Waals surface area contributed by atoms with Crippen molar-refractivity contribution >= 4 is 17.7 Å². The smallest absolute Gasteiger partial charge is 0.275 e. The van der Waals surface area contributed by atoms with Crippen molar-refractivity contribution in [3.05, 3.63) is 54.0 Å². The fourth-order valence-electron chi connectivity index (χ4n) is 2.16. The van der Waals surface area contributed by atoms with Gasteiger partial charge < -0.3 is 9.88 Å². The van der Waals surface area contributed by atoms with Gasteiger partial charge in [-0.3, -0.25) is 9.80 Å². The van der Waals surface area contributed by atoms with Crippen LogP contribution in [0.3, 0.4) is 0 Å². The molecule has 1 aromatic carbocycles. The number of hydrazine groups is 1. The van der Waals surface area contributed by atoms with Gasteiger partial charge in [0.05, 0.1) is 0 Å². The minimum atomic E-state index is -0.397. The van der Waals surface area contributed by atoms with Gasteiger partial charge in [0.2, 0.25) is 0 Å². The van der Waals surface area contributed by atoms with Crippen LogP contribution in [-0.4, -0.2) is 39.6 Å². The summed E-state index contributed by atoms with van der Waals surface area (Å²) >= 11 is 0. The number of carbonyl (C=O) groups excluding carboxylic acids is 1. The number of aromatic nitrogens is 2. The fourth-order valence-corrected chi connectivity index (χ4v) is 2.16. The van der Waals surface area contributed by atoms with Gasteiger partial charge >= 0.3 is 0 Å². The molecule has 0 bridgehead atoms. The first kappa shape index (κ1) is 14.3. The summed E-state index contributed by atoms with van der Waals surface area (Å²) in [6, 6.07) is 5.76. The second kappa shape index (κ2) is 5.61. The summed E-state index contributed by atoms with van der Waals surface area (Å²) in [5, 5.41) is 6.55. The Balaban J connectivity index is 1.77. The second-order valence-corrected chi connectivity index (χ2v) is 5.16. The number of halogens is 1. The number of hydrogen-bond donors (Lipinski definition) is 1. The summed E-state index contributed by atoms with van der Waals surface area (Å²) in [6.07, 6.45) is 5.42. The zero-order chi connectivity index (χ0) is 15.7. The number of benzene rings is 1. The van der Waals surface area contributed by atoms with Crippen LogP contribution in [0.25, 0.3) is 6.08 Å². The van der Waals surface area contributed by atoms with Gasteiger partial charge in [0.15, 0.2) is 0 Å². The van der Waals surface area contributed by atoms with Gasteiger partial charge in [-0.2, -0.15) is 0 Å². The summed E-state index contributed by atoms with van der Waals surface area (Å²) < 4.78 is 15.0. The zero-order valence-electron chi connectivity index (χ0n) is 12.3. The molecule has 2 aromatic rings. The average Bonchev–Trinajstić information content (AvgIpc) is 2.90. The molecule has 0 saturated carbocycles. The monoisotopic (exact) mass is 301 g/mol. The Morgan fingerprint density at radius 3 is 2.95 bits per heavy atom. The lowest BCUT2D eigenvalue weighted by Gasteiger charge is -2.30. The van der Waals surface area contributed by atoms with E-state index in [-0.39, 0.29) is 5.91 Å². The Morgan fingerprint density at radius 1 is 1.41 bits per heavy atom. The van der Waals surface area contributed by atoms with Gasteiger partial charge in [0.1, 0.15) is 24.0 Å². The topological polar surface area (TPSA) is 53.4 Å². The number of amides is 1. The Hall–Kier alpha value is -2.67. The van der Waals surface area contributed by atoms with E-state index in [2.05, 4.69) is 10.3 Å². The van der Waals surface area contributed by atoms with E-state index in [1.165, 1.54) is 12.1 Å². The van der Waals surface area contributed by atoms with Crippen LogP contribution in [0.5, 0.6) is 0 Å². The van der Waals surface area contributed by atoms with Gasteiger partial charge in [-0.15, -0.1) is 0 Å². The Morgan fingerprint density at radius 2 is 2.23 bits per heavy atom. The number of nitrogens with zero attached hydrogens (tertiary/aromatic N) is 4. The number of anilines is 1. The maximum absolute atomic E-state index is 13.1. The normalized spacial score (nSPS) is 13.4. The zero-order valence-corrected chi connectivity index (χ0v) is 12.3. The molecule has 1 aliphatic rings. The molecule has 1 aromatic heterocycles. The predicted octanol–water partition coefficient (Wildman–Crippen LogP) is 1.99. The molecule has 6 nitrogen and oxygen atoms in total. The Labute approximate surface area is 127 Å². The van der Waals surface area contributed by atoms with Crippen LogP contribution < -0.4 is 5.32 Å². The molecule has 22 heavy (non-hydrogen) atoms. The molecule has 1 aliphatic heterocycles. The van der Waals surface area contributed by atoms with Gasteiger partial charge in [-0.25, -0.2) is 14.4 Å². The lowest BCUT2D eigenvalue weighted by molar-refractivity contribution is 0.0466. The highest BCUT2D eigenvalue weighted by Crippen LogP contribution is 2.15. The molecule has 0 aliphatic carbocycles. The van der Waals surface area contributed by atoms with Crippen LogP contribution >= 0.6 is 0 Å². The van der Waals surface area contributed by atoms with E-state index in [4.69, 9.17) is 0 Å². The molecular weight excluding hydrogens is 285 g/mol. The maximum Gasteiger partial charge on any atom is 0.275 e. The molecular formula is C15H16FN5O. The van der Waals surface area contributed by atoms with Crippen molar-refractivity contribution in [2.75, 3.05) is 19.4 Å². The number of nitrogens with one attached hydrogen (secondary N) is 1. The molecule has 0 spiro atoms. The van der Waals surface area contributed by atoms with Crippen molar-refractivity contribution in [2.24, 2.45) is 0 Å². The molecule has 7 heteroatoms. The van der Waals surface area contributed by atoms with E-state index in [0.29, 0.717) is 23.9 Å². The molecule has 1 amide bonds. The molecule has 0 radical (unpaired) electrons. The van der Waals surface area contributed by atoms with E-state index in [1.807, 2.05) is 41.0 Å². The summed E-state index contributed by atoms with van der Waals surface area (Å²) in [4.78, 5) is 16.5. The second-order valence-electron chi connectivity index (χ2n) is 5.16. The third-order valence-electron chi connectivity index (χ3n) is 3.33. The number of carbonyl (C=O) groups is 1. The first-order valence-corrected chi connectivity index (χ1v) is 6.79. The minimum absolute atomic E-state index is 0.296. The van der Waals surface area contributed by atoms with Crippen molar-refractivity contribution in [3.63, 3.8) is 0 Å². The van der Waals surface area contributed by atoms with Crippen molar-refractivity contribution in [2.45, 2.75) is 6.67 Å². The van der Waals surface area contributed by atoms with Crippen LogP contribution in [0.4, 0.5) is 10.1 Å². The van der Waals surface area contributed by atoms with Crippen LogP contribution in [0.1, 0.15) is 16.3 Å². The molecule has 3 rings (SSSR count). The number of fused-ring (bicyclic) bond motifs is 1.